The first-order valence-corrected chi connectivity index (χ1v) is 7.74. The highest BCUT2D eigenvalue weighted by Gasteiger charge is 2.13. The van der Waals surface area contributed by atoms with Gasteiger partial charge in [0.1, 0.15) is 0 Å². The van der Waals surface area contributed by atoms with E-state index in [2.05, 4.69) is 18.3 Å². The zero-order valence-corrected chi connectivity index (χ0v) is 12.5. The van der Waals surface area contributed by atoms with E-state index in [0.717, 1.165) is 24.1 Å². The number of carbonyl (C=O) groups excluding carboxylic acids is 1. The molecule has 106 valence electrons. The minimum absolute atomic E-state index is 0.0991. The molecule has 0 saturated carbocycles. The average molecular weight is 288 g/mol. The maximum atomic E-state index is 12.0. The molecule has 0 aliphatic carbocycles. The molecule has 1 heterocycles. The van der Waals surface area contributed by atoms with Crippen molar-refractivity contribution in [3.63, 3.8) is 0 Å². The first-order valence-electron chi connectivity index (χ1n) is 6.86. The molecule has 0 saturated heterocycles. The second-order valence-corrected chi connectivity index (χ2v) is 5.76. The standard InChI is InChI=1S/C16H20N2OS/c1-2-14(15-4-3-11-20-15)18-16(19)10-7-12-5-8-13(17)9-6-12/h3-6,8-9,11,14H,2,7,10,17H2,1H3,(H,18,19). The van der Waals surface area contributed by atoms with Crippen LogP contribution in [0.15, 0.2) is 41.8 Å². The molecule has 3 N–H and O–H groups in total. The average Bonchev–Trinajstić information content (AvgIpc) is 2.98. The summed E-state index contributed by atoms with van der Waals surface area (Å²) in [5.74, 6) is 0.0991. The van der Waals surface area contributed by atoms with Gasteiger partial charge >= 0.3 is 0 Å². The molecule has 1 aromatic heterocycles. The highest BCUT2D eigenvalue weighted by atomic mass is 32.1. The number of nitrogens with two attached hydrogens (primary N) is 1. The largest absolute Gasteiger partial charge is 0.399 e. The number of rotatable bonds is 6. The second-order valence-electron chi connectivity index (χ2n) is 4.79. The molecule has 1 amide bonds. The van der Waals surface area contributed by atoms with E-state index in [-0.39, 0.29) is 11.9 Å². The third-order valence-electron chi connectivity index (χ3n) is 3.25. The summed E-state index contributed by atoms with van der Waals surface area (Å²) in [7, 11) is 0. The molecule has 2 rings (SSSR count). The van der Waals surface area contributed by atoms with Gasteiger partial charge in [-0.15, -0.1) is 11.3 Å². The summed E-state index contributed by atoms with van der Waals surface area (Å²) >= 11 is 1.69. The first kappa shape index (κ1) is 14.6. The lowest BCUT2D eigenvalue weighted by Crippen LogP contribution is -2.27. The van der Waals surface area contributed by atoms with Gasteiger partial charge in [0.25, 0.3) is 0 Å². The summed E-state index contributed by atoms with van der Waals surface area (Å²) in [4.78, 5) is 13.2. The number of nitrogen functional groups attached to an aromatic ring is 1. The van der Waals surface area contributed by atoms with E-state index in [9.17, 15) is 4.79 Å². The summed E-state index contributed by atoms with van der Waals surface area (Å²) in [5.41, 5.74) is 7.53. The van der Waals surface area contributed by atoms with E-state index in [1.165, 1.54) is 4.88 Å². The van der Waals surface area contributed by atoms with E-state index < -0.39 is 0 Å². The van der Waals surface area contributed by atoms with Crippen LogP contribution in [0.1, 0.15) is 36.2 Å². The molecular weight excluding hydrogens is 268 g/mol. The molecule has 1 aromatic carbocycles. The minimum Gasteiger partial charge on any atom is -0.399 e. The van der Waals surface area contributed by atoms with Gasteiger partial charge in [-0.05, 0) is 42.0 Å². The third kappa shape index (κ3) is 4.10. The number of amides is 1. The van der Waals surface area contributed by atoms with Crippen LogP contribution in [-0.4, -0.2) is 5.91 Å². The Morgan fingerprint density at radius 1 is 1.30 bits per heavy atom. The molecule has 0 fully saturated rings. The summed E-state index contributed by atoms with van der Waals surface area (Å²) in [5, 5.41) is 5.14. The lowest BCUT2D eigenvalue weighted by Gasteiger charge is -2.15. The molecular formula is C16H20N2OS. The number of nitrogens with one attached hydrogen (secondary N) is 1. The maximum absolute atomic E-state index is 12.0. The highest BCUT2D eigenvalue weighted by Crippen LogP contribution is 2.21. The van der Waals surface area contributed by atoms with Gasteiger partial charge in [0.05, 0.1) is 6.04 Å². The van der Waals surface area contributed by atoms with Gasteiger partial charge in [-0.25, -0.2) is 0 Å². The number of anilines is 1. The lowest BCUT2D eigenvalue weighted by atomic mass is 10.1. The van der Waals surface area contributed by atoms with Crippen LogP contribution in [0.5, 0.6) is 0 Å². The van der Waals surface area contributed by atoms with Gasteiger partial charge < -0.3 is 11.1 Å². The number of hydrogen-bond donors (Lipinski definition) is 2. The van der Waals surface area contributed by atoms with E-state index in [1.807, 2.05) is 35.7 Å². The number of aryl methyl sites for hydroxylation is 1. The van der Waals surface area contributed by atoms with Crippen molar-refractivity contribution < 1.29 is 4.79 Å². The predicted molar refractivity (Wildman–Crippen MR) is 84.7 cm³/mol. The topological polar surface area (TPSA) is 55.1 Å². The summed E-state index contributed by atoms with van der Waals surface area (Å²) in [6.45, 7) is 2.09. The van der Waals surface area contributed by atoms with Gasteiger partial charge in [0, 0.05) is 17.0 Å². The monoisotopic (exact) mass is 288 g/mol. The molecule has 0 spiro atoms. The molecule has 0 aliphatic heterocycles. The molecule has 0 bridgehead atoms. The first-order chi connectivity index (χ1) is 9.69. The van der Waals surface area contributed by atoms with Crippen LogP contribution in [0.4, 0.5) is 5.69 Å². The number of benzene rings is 1. The fourth-order valence-electron chi connectivity index (χ4n) is 2.07. The highest BCUT2D eigenvalue weighted by molar-refractivity contribution is 7.10. The van der Waals surface area contributed by atoms with Gasteiger partial charge in [-0.2, -0.15) is 0 Å². The van der Waals surface area contributed by atoms with Crippen LogP contribution in [0.3, 0.4) is 0 Å². The Balaban J connectivity index is 1.84. The molecule has 0 radical (unpaired) electrons. The molecule has 1 atom stereocenters. The van der Waals surface area contributed by atoms with Crippen molar-refractivity contribution in [2.24, 2.45) is 0 Å². The third-order valence-corrected chi connectivity index (χ3v) is 4.24. The number of carbonyl (C=O) groups is 1. The van der Waals surface area contributed by atoms with Gasteiger partial charge in [-0.3, -0.25) is 4.79 Å². The van der Waals surface area contributed by atoms with E-state index in [4.69, 9.17) is 5.73 Å². The van der Waals surface area contributed by atoms with Crippen molar-refractivity contribution in [3.8, 4) is 0 Å². The van der Waals surface area contributed by atoms with Crippen LogP contribution in [0.2, 0.25) is 0 Å². The van der Waals surface area contributed by atoms with E-state index >= 15 is 0 Å². The molecule has 2 aromatic rings. The van der Waals surface area contributed by atoms with E-state index in [1.54, 1.807) is 11.3 Å². The zero-order chi connectivity index (χ0) is 14.4. The summed E-state index contributed by atoms with van der Waals surface area (Å²) in [6, 6.07) is 11.9. The molecule has 20 heavy (non-hydrogen) atoms. The van der Waals surface area contributed by atoms with Gasteiger partial charge in [0.2, 0.25) is 5.91 Å². The Kier molecular flexibility index (Phi) is 5.18. The second kappa shape index (κ2) is 7.10. The summed E-state index contributed by atoms with van der Waals surface area (Å²) < 4.78 is 0. The maximum Gasteiger partial charge on any atom is 0.220 e. The Hall–Kier alpha value is -1.81. The van der Waals surface area contributed by atoms with Crippen molar-refractivity contribution in [2.75, 3.05) is 5.73 Å². The fourth-order valence-corrected chi connectivity index (χ4v) is 2.93. The fraction of sp³-hybridized carbons (Fsp3) is 0.312. The summed E-state index contributed by atoms with van der Waals surface area (Å²) in [6.07, 6.45) is 2.16. The SMILES string of the molecule is CCC(NC(=O)CCc1ccc(N)cc1)c1cccs1. The van der Waals surface area contributed by atoms with Crippen LogP contribution < -0.4 is 11.1 Å². The van der Waals surface area contributed by atoms with Crippen molar-refractivity contribution in [1.82, 2.24) is 5.32 Å². The quantitative estimate of drug-likeness (QED) is 0.799. The number of hydrogen-bond acceptors (Lipinski definition) is 3. The lowest BCUT2D eigenvalue weighted by molar-refractivity contribution is -0.121. The van der Waals surface area contributed by atoms with Gasteiger partial charge in [0.15, 0.2) is 0 Å². The smallest absolute Gasteiger partial charge is 0.220 e. The van der Waals surface area contributed by atoms with Crippen molar-refractivity contribution >= 4 is 22.9 Å². The normalized spacial score (nSPS) is 12.1. The molecule has 0 aliphatic rings. The minimum atomic E-state index is 0.0991. The Morgan fingerprint density at radius 3 is 2.65 bits per heavy atom. The van der Waals surface area contributed by atoms with Crippen molar-refractivity contribution in [2.45, 2.75) is 32.2 Å². The number of thiophene rings is 1. The van der Waals surface area contributed by atoms with Crippen molar-refractivity contribution in [3.05, 3.63) is 52.2 Å². The Bertz CT molecular complexity index is 534. The van der Waals surface area contributed by atoms with Crippen LogP contribution >= 0.6 is 11.3 Å². The Labute approximate surface area is 123 Å². The van der Waals surface area contributed by atoms with E-state index in [0.29, 0.717) is 6.42 Å². The van der Waals surface area contributed by atoms with Crippen LogP contribution in [0.25, 0.3) is 0 Å². The molecule has 1 unspecified atom stereocenters. The van der Waals surface area contributed by atoms with Gasteiger partial charge in [-0.1, -0.05) is 25.1 Å². The molecule has 3 nitrogen and oxygen atoms in total. The predicted octanol–water partition coefficient (Wildman–Crippen LogP) is 3.53. The molecule has 4 heteroatoms. The van der Waals surface area contributed by atoms with Crippen LogP contribution in [0, 0.1) is 0 Å². The Morgan fingerprint density at radius 2 is 2.05 bits per heavy atom. The van der Waals surface area contributed by atoms with Crippen molar-refractivity contribution in [1.29, 1.82) is 0 Å². The zero-order valence-electron chi connectivity index (χ0n) is 11.6. The van der Waals surface area contributed by atoms with Crippen LogP contribution in [-0.2, 0) is 11.2 Å².